The van der Waals surface area contributed by atoms with Crippen molar-refractivity contribution in [3.8, 4) is 0 Å². The molecule has 0 bridgehead atoms. The van der Waals surface area contributed by atoms with E-state index in [4.69, 9.17) is 18.5 Å². The number of esters is 2. The van der Waals surface area contributed by atoms with Crippen LogP contribution in [-0.2, 0) is 23.1 Å². The average Bonchev–Trinajstić information content (AvgIpc) is 2.73. The number of rotatable bonds is 10. The molecule has 9 heteroatoms. The van der Waals surface area contributed by atoms with Gasteiger partial charge in [0.2, 0.25) is 13.6 Å². The lowest BCUT2D eigenvalue weighted by molar-refractivity contribution is -0.00578. The Bertz CT molecular complexity index is 778. The molecule has 0 aliphatic carbocycles. The molecule has 0 atom stereocenters. The molecule has 0 aliphatic heterocycles. The monoisotopic (exact) mass is 468 g/mol. The van der Waals surface area contributed by atoms with Crippen molar-refractivity contribution >= 4 is 35.5 Å². The van der Waals surface area contributed by atoms with Crippen LogP contribution in [0, 0.1) is 0 Å². The molecule has 0 unspecified atom stereocenters. The Morgan fingerprint density at radius 1 is 0.821 bits per heavy atom. The standard InChI is InChI=1S/C19H18BrO7P/c20-12-7-13-28(23,26-14-24-18(21)16-8-3-1-4-9-16)27-15-25-19(22)17-10-5-2-6-11-17/h1-11,13H,12,14-15H2/b13-7+. The fraction of sp³-hybridized carbons (Fsp3) is 0.158. The van der Waals surface area contributed by atoms with Crippen LogP contribution in [0.4, 0.5) is 0 Å². The minimum Gasteiger partial charge on any atom is -0.434 e. The van der Waals surface area contributed by atoms with E-state index >= 15 is 0 Å². The van der Waals surface area contributed by atoms with Gasteiger partial charge in [0.15, 0.2) is 0 Å². The van der Waals surface area contributed by atoms with Crippen LogP contribution in [0.1, 0.15) is 20.7 Å². The largest absolute Gasteiger partial charge is 0.434 e. The van der Waals surface area contributed by atoms with E-state index in [-0.39, 0.29) is 0 Å². The summed E-state index contributed by atoms with van der Waals surface area (Å²) in [7, 11) is -3.80. The molecular formula is C19H18BrO7P. The van der Waals surface area contributed by atoms with Gasteiger partial charge in [-0.3, -0.25) is 13.6 Å². The van der Waals surface area contributed by atoms with Crippen molar-refractivity contribution in [1.29, 1.82) is 0 Å². The molecule has 7 nitrogen and oxygen atoms in total. The van der Waals surface area contributed by atoms with Gasteiger partial charge in [-0.05, 0) is 24.3 Å². The van der Waals surface area contributed by atoms with E-state index < -0.39 is 33.1 Å². The normalized spacial score (nSPS) is 11.3. The smallest absolute Gasteiger partial charge is 0.359 e. The van der Waals surface area contributed by atoms with Gasteiger partial charge in [0, 0.05) is 11.1 Å². The second-order valence-corrected chi connectivity index (χ2v) is 7.71. The molecule has 0 radical (unpaired) electrons. The summed E-state index contributed by atoms with van der Waals surface area (Å²) in [6.45, 7) is -1.19. The molecule has 0 aliphatic rings. The van der Waals surface area contributed by atoms with Crippen molar-refractivity contribution in [1.82, 2.24) is 0 Å². The van der Waals surface area contributed by atoms with Crippen LogP contribution in [0.15, 0.2) is 72.6 Å². The number of hydrogen-bond donors (Lipinski definition) is 0. The highest BCUT2D eigenvalue weighted by molar-refractivity contribution is 9.09. The van der Waals surface area contributed by atoms with Crippen molar-refractivity contribution in [3.63, 3.8) is 0 Å². The number of hydrogen-bond acceptors (Lipinski definition) is 7. The van der Waals surface area contributed by atoms with Gasteiger partial charge in [-0.1, -0.05) is 58.4 Å². The molecule has 0 saturated heterocycles. The molecule has 2 aromatic rings. The van der Waals surface area contributed by atoms with Crippen LogP contribution in [0.3, 0.4) is 0 Å². The highest BCUT2D eigenvalue weighted by Gasteiger charge is 2.23. The van der Waals surface area contributed by atoms with E-state index in [9.17, 15) is 14.2 Å². The Morgan fingerprint density at radius 3 is 1.64 bits per heavy atom. The van der Waals surface area contributed by atoms with Gasteiger partial charge in [-0.15, -0.1) is 0 Å². The highest BCUT2D eigenvalue weighted by Crippen LogP contribution is 2.49. The third-order valence-corrected chi connectivity index (χ3v) is 5.12. The summed E-state index contributed by atoms with van der Waals surface area (Å²) in [5.41, 5.74) is 0.657. The molecule has 0 N–H and O–H groups in total. The molecule has 0 heterocycles. The summed E-state index contributed by atoms with van der Waals surface area (Å²) in [4.78, 5) is 23.8. The number of ether oxygens (including phenoxy) is 2. The topological polar surface area (TPSA) is 88.1 Å². The molecular weight excluding hydrogens is 451 g/mol. The maximum atomic E-state index is 12.7. The molecule has 0 spiro atoms. The van der Waals surface area contributed by atoms with E-state index in [1.165, 1.54) is 11.9 Å². The molecule has 0 saturated carbocycles. The van der Waals surface area contributed by atoms with E-state index in [0.29, 0.717) is 16.5 Å². The van der Waals surface area contributed by atoms with E-state index in [1.54, 1.807) is 60.7 Å². The summed E-state index contributed by atoms with van der Waals surface area (Å²) >= 11 is 3.16. The second kappa shape index (κ2) is 11.6. The lowest BCUT2D eigenvalue weighted by atomic mass is 10.2. The van der Waals surface area contributed by atoms with Gasteiger partial charge < -0.3 is 9.47 Å². The molecule has 2 aromatic carbocycles. The number of halogens is 1. The lowest BCUT2D eigenvalue weighted by Gasteiger charge is -2.15. The third kappa shape index (κ3) is 7.40. The number of carbonyl (C=O) groups is 2. The number of alkyl halides is 1. The summed E-state index contributed by atoms with van der Waals surface area (Å²) < 4.78 is 32.7. The first kappa shape index (κ1) is 22.0. The van der Waals surface area contributed by atoms with E-state index in [2.05, 4.69) is 15.9 Å². The average molecular weight is 469 g/mol. The molecule has 0 amide bonds. The summed E-state index contributed by atoms with van der Waals surface area (Å²) in [6, 6.07) is 16.6. The Labute approximate surface area is 170 Å². The van der Waals surface area contributed by atoms with Crippen LogP contribution < -0.4 is 0 Å². The Morgan fingerprint density at radius 2 is 1.25 bits per heavy atom. The van der Waals surface area contributed by atoms with Crippen LogP contribution in [0.2, 0.25) is 0 Å². The van der Waals surface area contributed by atoms with Gasteiger partial charge in [0.25, 0.3) is 0 Å². The van der Waals surface area contributed by atoms with Crippen molar-refractivity contribution in [2.45, 2.75) is 0 Å². The van der Waals surface area contributed by atoms with Crippen LogP contribution in [0.5, 0.6) is 0 Å². The lowest BCUT2D eigenvalue weighted by Crippen LogP contribution is -2.10. The Kier molecular flexibility index (Phi) is 9.10. The first-order valence-electron chi connectivity index (χ1n) is 8.11. The third-order valence-electron chi connectivity index (χ3n) is 3.24. The zero-order valence-corrected chi connectivity index (χ0v) is 17.2. The molecule has 0 fully saturated rings. The van der Waals surface area contributed by atoms with Crippen molar-refractivity contribution in [3.05, 3.63) is 83.7 Å². The van der Waals surface area contributed by atoms with Crippen molar-refractivity contribution < 1.29 is 32.7 Å². The number of benzene rings is 2. The predicted molar refractivity (Wildman–Crippen MR) is 106 cm³/mol. The Balaban J connectivity index is 1.86. The van der Waals surface area contributed by atoms with Gasteiger partial charge in [0.1, 0.15) is 0 Å². The highest BCUT2D eigenvalue weighted by atomic mass is 79.9. The van der Waals surface area contributed by atoms with Crippen LogP contribution >= 0.6 is 23.5 Å². The van der Waals surface area contributed by atoms with E-state index in [0.717, 1.165) is 0 Å². The first-order valence-corrected chi connectivity index (χ1v) is 10.8. The predicted octanol–water partition coefficient (Wildman–Crippen LogP) is 4.75. The zero-order chi connectivity index (χ0) is 20.2. The van der Waals surface area contributed by atoms with Crippen LogP contribution in [0.25, 0.3) is 0 Å². The summed E-state index contributed by atoms with van der Waals surface area (Å²) in [6.07, 6.45) is 1.50. The minimum atomic E-state index is -3.80. The fourth-order valence-corrected chi connectivity index (χ4v) is 3.40. The van der Waals surface area contributed by atoms with Gasteiger partial charge in [-0.2, -0.15) is 0 Å². The molecule has 28 heavy (non-hydrogen) atoms. The fourth-order valence-electron chi connectivity index (χ4n) is 1.91. The van der Waals surface area contributed by atoms with Gasteiger partial charge >= 0.3 is 19.5 Å². The van der Waals surface area contributed by atoms with Crippen molar-refractivity contribution in [2.24, 2.45) is 0 Å². The molecule has 0 aromatic heterocycles. The maximum Gasteiger partial charge on any atom is 0.359 e. The SMILES string of the molecule is O=C(OCOP(=O)(/C=C/CBr)OCOC(=O)c1ccccc1)c1ccccc1. The van der Waals surface area contributed by atoms with E-state index in [1.807, 2.05) is 0 Å². The second-order valence-electron chi connectivity index (χ2n) is 5.17. The summed E-state index contributed by atoms with van der Waals surface area (Å²) in [5.74, 6) is -0.0756. The van der Waals surface area contributed by atoms with Gasteiger partial charge in [-0.25, -0.2) is 9.59 Å². The summed E-state index contributed by atoms with van der Waals surface area (Å²) in [5, 5.41) is 0.400. The van der Waals surface area contributed by atoms with Crippen molar-refractivity contribution in [2.75, 3.05) is 18.9 Å². The quantitative estimate of drug-likeness (QED) is 0.215. The zero-order valence-electron chi connectivity index (χ0n) is 14.7. The molecule has 2 rings (SSSR count). The van der Waals surface area contributed by atoms with Gasteiger partial charge in [0.05, 0.1) is 11.1 Å². The minimum absolute atomic E-state index is 0.328. The number of carbonyl (C=O) groups excluding carboxylic acids is 2. The molecule has 148 valence electrons. The maximum absolute atomic E-state index is 12.7. The number of allylic oxidation sites excluding steroid dienone is 1. The Hall–Kier alpha value is -2.25. The van der Waals surface area contributed by atoms with Crippen LogP contribution in [-0.4, -0.2) is 30.9 Å². The first-order chi connectivity index (χ1) is 13.5.